The number of rotatable bonds is 2. The molecule has 0 saturated heterocycles. The first-order valence-corrected chi connectivity index (χ1v) is 3.21. The van der Waals surface area contributed by atoms with E-state index in [0.29, 0.717) is 11.5 Å². The van der Waals surface area contributed by atoms with Gasteiger partial charge in [-0.3, -0.25) is 0 Å². The first kappa shape index (κ1) is 6.86. The van der Waals surface area contributed by atoms with Crippen molar-refractivity contribution < 1.29 is 4.52 Å². The van der Waals surface area contributed by atoms with Gasteiger partial charge in [-0.1, -0.05) is 18.2 Å². The van der Waals surface area contributed by atoms with Crippen LogP contribution in [0, 0.1) is 0 Å². The minimum atomic E-state index is 0.641. The Balaban J connectivity index is 2.77. The van der Waals surface area contributed by atoms with Gasteiger partial charge in [0.15, 0.2) is 5.76 Å². The average Bonchev–Trinajstić information content (AvgIpc) is 2.38. The molecule has 0 aromatic carbocycles. The van der Waals surface area contributed by atoms with Crippen molar-refractivity contribution in [3.05, 3.63) is 24.1 Å². The van der Waals surface area contributed by atoms with Crippen LogP contribution in [-0.2, 0) is 0 Å². The molecule has 0 amide bonds. The zero-order chi connectivity index (χ0) is 7.40. The van der Waals surface area contributed by atoms with Crippen molar-refractivity contribution in [1.82, 2.24) is 5.16 Å². The van der Waals surface area contributed by atoms with Crippen LogP contribution in [0.1, 0.15) is 19.1 Å². The summed E-state index contributed by atoms with van der Waals surface area (Å²) >= 11 is 0. The first-order valence-electron chi connectivity index (χ1n) is 3.21. The highest BCUT2D eigenvalue weighted by Gasteiger charge is 1.97. The summed E-state index contributed by atoms with van der Waals surface area (Å²) in [6, 6.07) is 1.74. The van der Waals surface area contributed by atoms with Crippen LogP contribution >= 0.6 is 0 Å². The molecule has 1 rings (SSSR count). The number of aromatic nitrogens is 1. The third kappa shape index (κ3) is 1.37. The molecule has 54 valence electrons. The van der Waals surface area contributed by atoms with E-state index >= 15 is 0 Å². The van der Waals surface area contributed by atoms with E-state index < -0.39 is 0 Å². The molecule has 3 heteroatoms. The molecule has 1 heterocycles. The third-order valence-corrected chi connectivity index (χ3v) is 1.15. The van der Waals surface area contributed by atoms with Gasteiger partial charge in [0.2, 0.25) is 0 Å². The molecule has 0 aliphatic carbocycles. The Morgan fingerprint density at radius 1 is 1.90 bits per heavy atom. The Hall–Kier alpha value is -1.25. The highest BCUT2D eigenvalue weighted by molar-refractivity contribution is 5.56. The second kappa shape index (κ2) is 3.06. The molecule has 3 nitrogen and oxygen atoms in total. The van der Waals surface area contributed by atoms with Crippen molar-refractivity contribution in [2.75, 3.05) is 0 Å². The summed E-state index contributed by atoms with van der Waals surface area (Å²) in [5.41, 5.74) is 6.23. The van der Waals surface area contributed by atoms with Crippen LogP contribution in [0.25, 0.3) is 5.70 Å². The van der Waals surface area contributed by atoms with Crippen LogP contribution in [0.2, 0.25) is 0 Å². The van der Waals surface area contributed by atoms with Crippen molar-refractivity contribution in [3.63, 3.8) is 0 Å². The Morgan fingerprint density at radius 2 is 2.70 bits per heavy atom. The fourth-order valence-electron chi connectivity index (χ4n) is 0.685. The molecule has 0 atom stereocenters. The van der Waals surface area contributed by atoms with E-state index in [4.69, 9.17) is 10.3 Å². The summed E-state index contributed by atoms with van der Waals surface area (Å²) in [5, 5.41) is 3.53. The van der Waals surface area contributed by atoms with Gasteiger partial charge < -0.3 is 10.3 Å². The summed E-state index contributed by atoms with van der Waals surface area (Å²) in [4.78, 5) is 0. The number of hydrogen-bond acceptors (Lipinski definition) is 3. The summed E-state index contributed by atoms with van der Waals surface area (Å²) in [6.45, 7) is 2.02. The average molecular weight is 138 g/mol. The molecule has 0 bridgehead atoms. The van der Waals surface area contributed by atoms with Crippen LogP contribution in [-0.4, -0.2) is 5.16 Å². The minimum absolute atomic E-state index is 0.641. The lowest BCUT2D eigenvalue weighted by Gasteiger charge is -1.90. The molecule has 0 saturated carbocycles. The highest BCUT2D eigenvalue weighted by atomic mass is 16.5. The van der Waals surface area contributed by atoms with E-state index in [2.05, 4.69) is 5.16 Å². The van der Waals surface area contributed by atoms with E-state index in [1.54, 1.807) is 12.3 Å². The number of nitrogens with two attached hydrogens (primary N) is 1. The zero-order valence-electron chi connectivity index (χ0n) is 5.87. The Bertz CT molecular complexity index is 214. The second-order valence-corrected chi connectivity index (χ2v) is 1.94. The van der Waals surface area contributed by atoms with E-state index in [9.17, 15) is 0 Å². The molecular weight excluding hydrogens is 128 g/mol. The van der Waals surface area contributed by atoms with Crippen LogP contribution < -0.4 is 5.73 Å². The lowest BCUT2D eigenvalue weighted by atomic mass is 10.3. The molecule has 0 spiro atoms. The Morgan fingerprint density at radius 3 is 3.20 bits per heavy atom. The standard InChI is InChI=1S/C7H10N2O/c1-2-3-6(8)7-4-5-9-10-7/h3-5H,2,8H2,1H3/b6-3-. The van der Waals surface area contributed by atoms with Gasteiger partial charge in [0.1, 0.15) is 0 Å². The predicted molar refractivity (Wildman–Crippen MR) is 39.0 cm³/mol. The van der Waals surface area contributed by atoms with Crippen LogP contribution in [0.5, 0.6) is 0 Å². The summed E-state index contributed by atoms with van der Waals surface area (Å²) < 4.78 is 4.80. The maximum absolute atomic E-state index is 5.58. The molecule has 0 fully saturated rings. The summed E-state index contributed by atoms with van der Waals surface area (Å²) in [5.74, 6) is 0.641. The largest absolute Gasteiger partial charge is 0.396 e. The minimum Gasteiger partial charge on any atom is -0.396 e. The molecule has 0 unspecified atom stereocenters. The fraction of sp³-hybridized carbons (Fsp3) is 0.286. The smallest absolute Gasteiger partial charge is 0.182 e. The molecule has 0 aliphatic heterocycles. The number of allylic oxidation sites excluding steroid dienone is 1. The normalized spacial score (nSPS) is 11.9. The second-order valence-electron chi connectivity index (χ2n) is 1.94. The lowest BCUT2D eigenvalue weighted by Crippen LogP contribution is -1.93. The molecule has 1 aromatic heterocycles. The Kier molecular flexibility index (Phi) is 2.10. The predicted octanol–water partition coefficient (Wildman–Crippen LogP) is 1.38. The van der Waals surface area contributed by atoms with Gasteiger partial charge in [0.05, 0.1) is 11.9 Å². The van der Waals surface area contributed by atoms with Crippen molar-refractivity contribution in [2.24, 2.45) is 5.73 Å². The fourth-order valence-corrected chi connectivity index (χ4v) is 0.685. The molecular formula is C7H10N2O. The molecule has 0 aliphatic rings. The van der Waals surface area contributed by atoms with Crippen molar-refractivity contribution in [3.8, 4) is 0 Å². The Labute approximate surface area is 59.5 Å². The molecule has 1 aromatic rings. The van der Waals surface area contributed by atoms with Gasteiger partial charge in [0, 0.05) is 6.07 Å². The van der Waals surface area contributed by atoms with Gasteiger partial charge in [-0.05, 0) is 6.42 Å². The number of hydrogen-bond donors (Lipinski definition) is 1. The van der Waals surface area contributed by atoms with E-state index in [1.807, 2.05) is 13.0 Å². The van der Waals surface area contributed by atoms with Gasteiger partial charge in [-0.15, -0.1) is 0 Å². The van der Waals surface area contributed by atoms with Gasteiger partial charge in [-0.25, -0.2) is 0 Å². The van der Waals surface area contributed by atoms with Crippen LogP contribution in [0.15, 0.2) is 22.9 Å². The van der Waals surface area contributed by atoms with Crippen molar-refractivity contribution >= 4 is 5.70 Å². The molecule has 10 heavy (non-hydrogen) atoms. The van der Waals surface area contributed by atoms with E-state index in [0.717, 1.165) is 6.42 Å². The van der Waals surface area contributed by atoms with Crippen molar-refractivity contribution in [2.45, 2.75) is 13.3 Å². The lowest BCUT2D eigenvalue weighted by molar-refractivity contribution is 0.409. The SMILES string of the molecule is CC/C=C(\N)c1ccno1. The maximum Gasteiger partial charge on any atom is 0.182 e. The zero-order valence-corrected chi connectivity index (χ0v) is 5.87. The highest BCUT2D eigenvalue weighted by Crippen LogP contribution is 2.06. The van der Waals surface area contributed by atoms with Crippen LogP contribution in [0.3, 0.4) is 0 Å². The van der Waals surface area contributed by atoms with Crippen molar-refractivity contribution in [1.29, 1.82) is 0 Å². The quantitative estimate of drug-likeness (QED) is 0.671. The monoisotopic (exact) mass is 138 g/mol. The molecule has 0 radical (unpaired) electrons. The van der Waals surface area contributed by atoms with E-state index in [1.165, 1.54) is 0 Å². The third-order valence-electron chi connectivity index (χ3n) is 1.15. The molecule has 2 N–H and O–H groups in total. The maximum atomic E-state index is 5.58. The summed E-state index contributed by atoms with van der Waals surface area (Å²) in [7, 11) is 0. The van der Waals surface area contributed by atoms with Gasteiger partial charge in [0.25, 0.3) is 0 Å². The van der Waals surface area contributed by atoms with E-state index in [-0.39, 0.29) is 0 Å². The number of nitrogens with zero attached hydrogens (tertiary/aromatic N) is 1. The first-order chi connectivity index (χ1) is 4.84. The van der Waals surface area contributed by atoms with Gasteiger partial charge in [-0.2, -0.15) is 0 Å². The van der Waals surface area contributed by atoms with Gasteiger partial charge >= 0.3 is 0 Å². The topological polar surface area (TPSA) is 52.0 Å². The van der Waals surface area contributed by atoms with Crippen LogP contribution in [0.4, 0.5) is 0 Å². The summed E-state index contributed by atoms with van der Waals surface area (Å²) in [6.07, 6.45) is 4.37.